The number of hydrogen-bond donors (Lipinski definition) is 1. The second kappa shape index (κ2) is 3.40. The highest BCUT2D eigenvalue weighted by Crippen LogP contribution is 2.33. The highest BCUT2D eigenvalue weighted by molar-refractivity contribution is 5.01. The fraction of sp³-hybridized carbons (Fsp3) is 0.800. The lowest BCUT2D eigenvalue weighted by atomic mass is 9.75. The van der Waals surface area contributed by atoms with Crippen molar-refractivity contribution in [3.8, 4) is 0 Å². The van der Waals surface area contributed by atoms with E-state index in [1.807, 2.05) is 0 Å². The number of aliphatic hydroxyl groups excluding tert-OH is 1. The van der Waals surface area contributed by atoms with Crippen LogP contribution in [0.15, 0.2) is 12.2 Å². The fourth-order valence-corrected chi connectivity index (χ4v) is 2.04. The summed E-state index contributed by atoms with van der Waals surface area (Å²) in [5.74, 6) is 0.972. The van der Waals surface area contributed by atoms with Crippen LogP contribution in [0.3, 0.4) is 0 Å². The second-order valence-corrected chi connectivity index (χ2v) is 3.81. The minimum Gasteiger partial charge on any atom is -0.393 e. The van der Waals surface area contributed by atoms with Crippen LogP contribution in [-0.4, -0.2) is 11.2 Å². The molecule has 1 nitrogen and oxygen atoms in total. The zero-order chi connectivity index (χ0) is 8.43. The molecule has 64 valence electrons. The number of allylic oxidation sites excluding steroid dienone is 1. The van der Waals surface area contributed by atoms with E-state index in [0.29, 0.717) is 11.8 Å². The molecule has 0 aromatic rings. The van der Waals surface area contributed by atoms with Crippen molar-refractivity contribution in [1.29, 1.82) is 0 Å². The molecule has 0 aliphatic heterocycles. The number of aliphatic hydroxyl groups is 1. The van der Waals surface area contributed by atoms with E-state index in [9.17, 15) is 5.11 Å². The van der Waals surface area contributed by atoms with E-state index in [1.54, 1.807) is 0 Å². The Hall–Kier alpha value is -0.300. The van der Waals surface area contributed by atoms with Crippen LogP contribution in [-0.2, 0) is 0 Å². The molecule has 1 saturated carbocycles. The van der Waals surface area contributed by atoms with Gasteiger partial charge in [0.1, 0.15) is 0 Å². The van der Waals surface area contributed by atoms with Crippen LogP contribution < -0.4 is 0 Å². The van der Waals surface area contributed by atoms with Gasteiger partial charge in [0.2, 0.25) is 0 Å². The molecule has 3 atom stereocenters. The first-order chi connectivity index (χ1) is 5.13. The average Bonchev–Trinajstić information content (AvgIpc) is 1.94. The summed E-state index contributed by atoms with van der Waals surface area (Å²) in [6, 6.07) is 0. The zero-order valence-electron chi connectivity index (χ0n) is 7.51. The Bertz CT molecular complexity index is 151. The Morgan fingerprint density at radius 3 is 2.55 bits per heavy atom. The Kier molecular flexibility index (Phi) is 2.72. The molecular formula is C10H18O. The first-order valence-corrected chi connectivity index (χ1v) is 4.46. The summed E-state index contributed by atoms with van der Waals surface area (Å²) in [5.41, 5.74) is 1.23. The monoisotopic (exact) mass is 154 g/mol. The summed E-state index contributed by atoms with van der Waals surface area (Å²) in [6.45, 7) is 8.15. The lowest BCUT2D eigenvalue weighted by molar-refractivity contribution is 0.0538. The maximum absolute atomic E-state index is 9.56. The van der Waals surface area contributed by atoms with Gasteiger partial charge in [-0.2, -0.15) is 0 Å². The van der Waals surface area contributed by atoms with E-state index >= 15 is 0 Å². The van der Waals surface area contributed by atoms with Crippen LogP contribution in [0, 0.1) is 11.8 Å². The molecule has 0 saturated heterocycles. The van der Waals surface area contributed by atoms with Crippen molar-refractivity contribution >= 4 is 0 Å². The van der Waals surface area contributed by atoms with Crippen LogP contribution in [0.1, 0.15) is 33.1 Å². The second-order valence-electron chi connectivity index (χ2n) is 3.81. The van der Waals surface area contributed by atoms with E-state index in [4.69, 9.17) is 0 Å². The fourth-order valence-electron chi connectivity index (χ4n) is 2.04. The largest absolute Gasteiger partial charge is 0.393 e. The molecule has 1 heteroatoms. The third kappa shape index (κ3) is 1.84. The predicted molar refractivity (Wildman–Crippen MR) is 47.3 cm³/mol. The van der Waals surface area contributed by atoms with Gasteiger partial charge in [0, 0.05) is 0 Å². The molecule has 0 heterocycles. The maximum Gasteiger partial charge on any atom is 0.0571 e. The molecule has 0 amide bonds. The van der Waals surface area contributed by atoms with Gasteiger partial charge in [-0.15, -0.1) is 0 Å². The molecular weight excluding hydrogens is 136 g/mol. The van der Waals surface area contributed by atoms with Crippen molar-refractivity contribution in [1.82, 2.24) is 0 Å². The van der Waals surface area contributed by atoms with Crippen molar-refractivity contribution in [2.24, 2.45) is 11.8 Å². The Morgan fingerprint density at radius 2 is 2.09 bits per heavy atom. The van der Waals surface area contributed by atoms with Crippen LogP contribution in [0.5, 0.6) is 0 Å². The third-order valence-corrected chi connectivity index (χ3v) is 2.89. The molecule has 1 N–H and O–H groups in total. The van der Waals surface area contributed by atoms with Gasteiger partial charge in [0.25, 0.3) is 0 Å². The van der Waals surface area contributed by atoms with E-state index in [-0.39, 0.29) is 6.10 Å². The van der Waals surface area contributed by atoms with E-state index in [1.165, 1.54) is 12.0 Å². The zero-order valence-corrected chi connectivity index (χ0v) is 7.51. The van der Waals surface area contributed by atoms with E-state index in [2.05, 4.69) is 20.4 Å². The highest BCUT2D eigenvalue weighted by atomic mass is 16.3. The first kappa shape index (κ1) is 8.79. The normalized spacial score (nSPS) is 38.6. The van der Waals surface area contributed by atoms with Crippen molar-refractivity contribution in [3.05, 3.63) is 12.2 Å². The van der Waals surface area contributed by atoms with Gasteiger partial charge in [-0.3, -0.25) is 0 Å². The average molecular weight is 154 g/mol. The molecule has 1 rings (SSSR count). The van der Waals surface area contributed by atoms with Crippen LogP contribution in [0.2, 0.25) is 0 Å². The molecule has 0 unspecified atom stereocenters. The summed E-state index contributed by atoms with van der Waals surface area (Å²) in [6.07, 6.45) is 3.26. The quantitative estimate of drug-likeness (QED) is 0.575. The highest BCUT2D eigenvalue weighted by Gasteiger charge is 2.28. The topological polar surface area (TPSA) is 20.2 Å². The summed E-state index contributed by atoms with van der Waals surface area (Å²) in [5, 5.41) is 9.56. The van der Waals surface area contributed by atoms with E-state index < -0.39 is 0 Å². The molecule has 0 aromatic carbocycles. The lowest BCUT2D eigenvalue weighted by Gasteiger charge is -2.33. The molecule has 1 aliphatic rings. The van der Waals surface area contributed by atoms with Crippen molar-refractivity contribution in [2.45, 2.75) is 39.2 Å². The molecule has 0 radical (unpaired) electrons. The summed E-state index contributed by atoms with van der Waals surface area (Å²) in [4.78, 5) is 0. The van der Waals surface area contributed by atoms with Crippen LogP contribution >= 0.6 is 0 Å². The SMILES string of the molecule is C=C(C)[C@@H]1CCC[C@H](O)[C@@H]1C. The minimum atomic E-state index is -0.0922. The Labute approximate surface area is 69.1 Å². The van der Waals surface area contributed by atoms with E-state index in [0.717, 1.165) is 12.8 Å². The smallest absolute Gasteiger partial charge is 0.0571 e. The van der Waals surface area contributed by atoms with Gasteiger partial charge >= 0.3 is 0 Å². The maximum atomic E-state index is 9.56. The molecule has 11 heavy (non-hydrogen) atoms. The third-order valence-electron chi connectivity index (χ3n) is 2.89. The van der Waals surface area contributed by atoms with Gasteiger partial charge < -0.3 is 5.11 Å². The Morgan fingerprint density at radius 1 is 1.45 bits per heavy atom. The van der Waals surface area contributed by atoms with Gasteiger partial charge in [-0.25, -0.2) is 0 Å². The minimum absolute atomic E-state index is 0.0922. The van der Waals surface area contributed by atoms with Gasteiger partial charge in [-0.05, 0) is 31.6 Å². The molecule has 0 bridgehead atoms. The lowest BCUT2D eigenvalue weighted by Crippen LogP contribution is -2.30. The summed E-state index contributed by atoms with van der Waals surface area (Å²) >= 11 is 0. The Balaban J connectivity index is 2.58. The van der Waals surface area contributed by atoms with Crippen molar-refractivity contribution in [2.75, 3.05) is 0 Å². The van der Waals surface area contributed by atoms with Crippen molar-refractivity contribution < 1.29 is 5.11 Å². The number of hydrogen-bond acceptors (Lipinski definition) is 1. The summed E-state index contributed by atoms with van der Waals surface area (Å²) < 4.78 is 0. The van der Waals surface area contributed by atoms with Gasteiger partial charge in [0.05, 0.1) is 6.10 Å². The van der Waals surface area contributed by atoms with Crippen molar-refractivity contribution in [3.63, 3.8) is 0 Å². The van der Waals surface area contributed by atoms with Gasteiger partial charge in [-0.1, -0.05) is 25.5 Å². The van der Waals surface area contributed by atoms with Crippen LogP contribution in [0.4, 0.5) is 0 Å². The molecule has 0 aromatic heterocycles. The first-order valence-electron chi connectivity index (χ1n) is 4.46. The standard InChI is InChI=1S/C10H18O/c1-7(2)9-5-4-6-10(11)8(9)3/h8-11H,1,4-6H2,2-3H3/t8-,9+,10+/m1/s1. The van der Waals surface area contributed by atoms with Crippen LogP contribution in [0.25, 0.3) is 0 Å². The number of rotatable bonds is 1. The summed E-state index contributed by atoms with van der Waals surface area (Å²) in [7, 11) is 0. The van der Waals surface area contributed by atoms with Gasteiger partial charge in [0.15, 0.2) is 0 Å². The molecule has 1 aliphatic carbocycles. The predicted octanol–water partition coefficient (Wildman–Crippen LogP) is 2.36. The molecule has 0 spiro atoms. The molecule has 1 fully saturated rings.